The third-order valence-corrected chi connectivity index (χ3v) is 2.31. The van der Waals surface area contributed by atoms with Crippen molar-refractivity contribution >= 4 is 12.4 Å². The van der Waals surface area contributed by atoms with Crippen LogP contribution in [0.5, 0.6) is 5.75 Å². The molecule has 0 saturated carbocycles. The van der Waals surface area contributed by atoms with E-state index in [2.05, 4.69) is 9.97 Å². The topological polar surface area (TPSA) is 61.0 Å². The Balaban J connectivity index is 0.00000144. The van der Waals surface area contributed by atoms with Crippen molar-refractivity contribution in [3.8, 4) is 16.9 Å². The van der Waals surface area contributed by atoms with Crippen LogP contribution in [-0.4, -0.2) is 17.1 Å². The highest BCUT2D eigenvalue weighted by Crippen LogP contribution is 2.20. The maximum atomic E-state index is 5.43. The van der Waals surface area contributed by atoms with Gasteiger partial charge in [-0.3, -0.25) is 0 Å². The van der Waals surface area contributed by atoms with E-state index < -0.39 is 0 Å². The van der Waals surface area contributed by atoms with Gasteiger partial charge in [0.15, 0.2) is 0 Å². The van der Waals surface area contributed by atoms with Crippen LogP contribution in [0, 0.1) is 0 Å². The molecule has 1 aromatic heterocycles. The van der Waals surface area contributed by atoms with E-state index in [0.29, 0.717) is 12.4 Å². The molecule has 0 aliphatic heterocycles. The number of rotatable bonds is 3. The van der Waals surface area contributed by atoms with Crippen LogP contribution < -0.4 is 10.5 Å². The first kappa shape index (κ1) is 13.4. The zero-order valence-electron chi connectivity index (χ0n) is 9.46. The van der Waals surface area contributed by atoms with E-state index in [0.717, 1.165) is 16.9 Å². The summed E-state index contributed by atoms with van der Waals surface area (Å²) in [6, 6.07) is 7.76. The van der Waals surface area contributed by atoms with Gasteiger partial charge in [-0.05, 0) is 17.7 Å². The first-order chi connectivity index (χ1) is 7.83. The van der Waals surface area contributed by atoms with Crippen molar-refractivity contribution in [2.24, 2.45) is 5.73 Å². The fraction of sp³-hybridized carbons (Fsp3) is 0.167. The van der Waals surface area contributed by atoms with E-state index in [1.807, 2.05) is 24.3 Å². The molecule has 5 heteroatoms. The van der Waals surface area contributed by atoms with Gasteiger partial charge in [0.2, 0.25) is 0 Å². The van der Waals surface area contributed by atoms with Crippen molar-refractivity contribution in [1.29, 1.82) is 0 Å². The smallest absolute Gasteiger partial charge is 0.141 e. The molecule has 0 aliphatic rings. The molecule has 90 valence electrons. The van der Waals surface area contributed by atoms with Crippen molar-refractivity contribution in [1.82, 2.24) is 9.97 Å². The van der Waals surface area contributed by atoms with E-state index in [1.165, 1.54) is 0 Å². The van der Waals surface area contributed by atoms with E-state index in [9.17, 15) is 0 Å². The lowest BCUT2D eigenvalue weighted by atomic mass is 10.1. The fourth-order valence-corrected chi connectivity index (χ4v) is 1.39. The lowest BCUT2D eigenvalue weighted by Crippen LogP contribution is -2.02. The fourth-order valence-electron chi connectivity index (χ4n) is 1.39. The Bertz CT molecular complexity index is 411. The van der Waals surface area contributed by atoms with Gasteiger partial charge >= 0.3 is 0 Å². The van der Waals surface area contributed by atoms with E-state index in [4.69, 9.17) is 10.5 Å². The number of methoxy groups -OCH3 is 1. The first-order valence-electron chi connectivity index (χ1n) is 4.99. The van der Waals surface area contributed by atoms with Crippen molar-refractivity contribution < 1.29 is 4.74 Å². The summed E-state index contributed by atoms with van der Waals surface area (Å²) >= 11 is 0. The van der Waals surface area contributed by atoms with Crippen LogP contribution in [0.15, 0.2) is 36.7 Å². The van der Waals surface area contributed by atoms with E-state index >= 15 is 0 Å². The Labute approximate surface area is 106 Å². The molecule has 2 N–H and O–H groups in total. The molecule has 17 heavy (non-hydrogen) atoms. The van der Waals surface area contributed by atoms with Crippen LogP contribution in [0.2, 0.25) is 0 Å². The van der Waals surface area contributed by atoms with Gasteiger partial charge in [-0.25, -0.2) is 9.97 Å². The van der Waals surface area contributed by atoms with Crippen LogP contribution in [0.1, 0.15) is 5.82 Å². The van der Waals surface area contributed by atoms with Crippen LogP contribution in [-0.2, 0) is 6.54 Å². The molecule has 1 aromatic carbocycles. The van der Waals surface area contributed by atoms with Gasteiger partial charge < -0.3 is 10.5 Å². The van der Waals surface area contributed by atoms with Gasteiger partial charge in [0.05, 0.1) is 13.7 Å². The SMILES string of the molecule is COc1ccc(-c2cnc(CN)nc2)cc1.Cl. The van der Waals surface area contributed by atoms with Gasteiger partial charge in [0.25, 0.3) is 0 Å². The van der Waals surface area contributed by atoms with Crippen LogP contribution >= 0.6 is 12.4 Å². The van der Waals surface area contributed by atoms with Crippen LogP contribution in [0.4, 0.5) is 0 Å². The van der Waals surface area contributed by atoms with Gasteiger partial charge in [0, 0.05) is 18.0 Å². The summed E-state index contributed by atoms with van der Waals surface area (Å²) in [6.07, 6.45) is 3.55. The quantitative estimate of drug-likeness (QED) is 0.907. The Morgan fingerprint density at radius 1 is 1.06 bits per heavy atom. The Morgan fingerprint density at radius 3 is 2.12 bits per heavy atom. The molecule has 0 bridgehead atoms. The maximum absolute atomic E-state index is 5.43. The van der Waals surface area contributed by atoms with Crippen molar-refractivity contribution in [3.05, 3.63) is 42.5 Å². The molecule has 4 nitrogen and oxygen atoms in total. The zero-order valence-corrected chi connectivity index (χ0v) is 10.3. The second-order valence-electron chi connectivity index (χ2n) is 3.32. The standard InChI is InChI=1S/C12H13N3O.ClH/c1-16-11-4-2-9(3-5-11)10-7-14-12(6-13)15-8-10;/h2-5,7-8H,6,13H2,1H3;1H. The zero-order chi connectivity index (χ0) is 11.4. The largest absolute Gasteiger partial charge is 0.497 e. The Morgan fingerprint density at radius 2 is 1.65 bits per heavy atom. The average Bonchev–Trinajstić information content (AvgIpc) is 2.39. The molecular weight excluding hydrogens is 238 g/mol. The van der Waals surface area contributed by atoms with Gasteiger partial charge in [-0.1, -0.05) is 12.1 Å². The maximum Gasteiger partial charge on any atom is 0.141 e. The second-order valence-corrected chi connectivity index (χ2v) is 3.32. The number of aromatic nitrogens is 2. The number of nitrogens with zero attached hydrogens (tertiary/aromatic N) is 2. The summed E-state index contributed by atoms with van der Waals surface area (Å²) in [7, 11) is 1.65. The molecule has 0 spiro atoms. The Kier molecular flexibility index (Phi) is 4.87. The monoisotopic (exact) mass is 251 g/mol. The molecular formula is C12H14ClN3O. The molecule has 0 unspecified atom stereocenters. The lowest BCUT2D eigenvalue weighted by molar-refractivity contribution is 0.415. The van der Waals surface area contributed by atoms with E-state index in [-0.39, 0.29) is 12.4 Å². The number of hydrogen-bond acceptors (Lipinski definition) is 4. The lowest BCUT2D eigenvalue weighted by Gasteiger charge is -2.03. The molecule has 0 fully saturated rings. The van der Waals surface area contributed by atoms with Crippen molar-refractivity contribution in [2.45, 2.75) is 6.54 Å². The molecule has 0 aliphatic carbocycles. The molecule has 0 radical (unpaired) electrons. The third-order valence-electron chi connectivity index (χ3n) is 2.31. The van der Waals surface area contributed by atoms with Crippen LogP contribution in [0.25, 0.3) is 11.1 Å². The number of halogens is 1. The molecule has 2 rings (SSSR count). The summed E-state index contributed by atoms with van der Waals surface area (Å²) in [5.74, 6) is 1.49. The highest BCUT2D eigenvalue weighted by Gasteiger charge is 1.99. The van der Waals surface area contributed by atoms with Gasteiger partial charge in [-0.15, -0.1) is 12.4 Å². The number of benzene rings is 1. The predicted molar refractivity (Wildman–Crippen MR) is 69.2 cm³/mol. The Hall–Kier alpha value is -1.65. The minimum Gasteiger partial charge on any atom is -0.497 e. The van der Waals surface area contributed by atoms with E-state index in [1.54, 1.807) is 19.5 Å². The summed E-state index contributed by atoms with van der Waals surface area (Å²) in [4.78, 5) is 8.30. The minimum atomic E-state index is 0. The summed E-state index contributed by atoms with van der Waals surface area (Å²) < 4.78 is 5.09. The minimum absolute atomic E-state index is 0. The summed E-state index contributed by atoms with van der Waals surface area (Å²) in [5.41, 5.74) is 7.47. The molecule has 0 atom stereocenters. The van der Waals surface area contributed by atoms with Gasteiger partial charge in [0.1, 0.15) is 11.6 Å². The van der Waals surface area contributed by atoms with Crippen molar-refractivity contribution in [2.75, 3.05) is 7.11 Å². The third kappa shape index (κ3) is 3.15. The normalized spacial score (nSPS) is 9.53. The molecule has 2 aromatic rings. The number of hydrogen-bond donors (Lipinski definition) is 1. The number of nitrogens with two attached hydrogens (primary N) is 1. The van der Waals surface area contributed by atoms with Gasteiger partial charge in [-0.2, -0.15) is 0 Å². The molecule has 1 heterocycles. The highest BCUT2D eigenvalue weighted by molar-refractivity contribution is 5.85. The summed E-state index contributed by atoms with van der Waals surface area (Å²) in [6.45, 7) is 0.364. The molecule has 0 amide bonds. The highest BCUT2D eigenvalue weighted by atomic mass is 35.5. The van der Waals surface area contributed by atoms with Crippen molar-refractivity contribution in [3.63, 3.8) is 0 Å². The van der Waals surface area contributed by atoms with Crippen LogP contribution in [0.3, 0.4) is 0 Å². The second kappa shape index (κ2) is 6.18. The number of ether oxygens (including phenoxy) is 1. The predicted octanol–water partition coefficient (Wildman–Crippen LogP) is 2.03. The average molecular weight is 252 g/mol. The first-order valence-corrected chi connectivity index (χ1v) is 4.99. The molecule has 0 saturated heterocycles. The summed E-state index contributed by atoms with van der Waals surface area (Å²) in [5, 5.41) is 0.